The van der Waals surface area contributed by atoms with Crippen LogP contribution in [0.25, 0.3) is 11.0 Å². The number of likely N-dealkylation sites (tertiary alicyclic amines) is 1. The highest BCUT2D eigenvalue weighted by Crippen LogP contribution is 2.30. The van der Waals surface area contributed by atoms with Gasteiger partial charge in [0.15, 0.2) is 0 Å². The summed E-state index contributed by atoms with van der Waals surface area (Å²) in [7, 11) is 2.08. The van der Waals surface area contributed by atoms with Crippen molar-refractivity contribution in [1.29, 1.82) is 5.26 Å². The minimum Gasteiger partial charge on any atom is -0.341 e. The fourth-order valence-corrected chi connectivity index (χ4v) is 5.73. The van der Waals surface area contributed by atoms with Crippen LogP contribution in [0.1, 0.15) is 45.0 Å². The summed E-state index contributed by atoms with van der Waals surface area (Å²) in [5.74, 6) is -0.278. The zero-order valence-corrected chi connectivity index (χ0v) is 23.2. The van der Waals surface area contributed by atoms with E-state index in [0.29, 0.717) is 49.9 Å². The molecule has 3 amide bonds. The van der Waals surface area contributed by atoms with Crippen molar-refractivity contribution in [3.05, 3.63) is 23.8 Å². The van der Waals surface area contributed by atoms with E-state index in [4.69, 9.17) is 0 Å². The standard InChI is InChI=1S/C27H37N9O3/c1-26(2,3)13-18-16-36(20-15-29-21(14-28)31-22(18)20)25(39)35-7-5-27(6-8-35)24(38)30-19(23(37)32-27)17-34-11-9-33(4)10-12-34/h15-16,19H,5-13,17H2,1-4H3,(H,30,38)(H,32,37). The predicted molar refractivity (Wildman–Crippen MR) is 144 cm³/mol. The largest absolute Gasteiger partial charge is 0.341 e. The Morgan fingerprint density at radius 1 is 1.15 bits per heavy atom. The molecule has 3 aliphatic rings. The number of nitriles is 1. The zero-order chi connectivity index (χ0) is 27.9. The van der Waals surface area contributed by atoms with Crippen molar-refractivity contribution in [2.75, 3.05) is 52.9 Å². The van der Waals surface area contributed by atoms with Crippen LogP contribution in [0, 0.1) is 16.7 Å². The van der Waals surface area contributed by atoms with E-state index in [2.05, 4.69) is 58.2 Å². The van der Waals surface area contributed by atoms with E-state index < -0.39 is 11.6 Å². The average Bonchev–Trinajstić information content (AvgIpc) is 3.24. The minimum atomic E-state index is -1.01. The second kappa shape index (κ2) is 10.2. The van der Waals surface area contributed by atoms with E-state index >= 15 is 0 Å². The first-order valence-corrected chi connectivity index (χ1v) is 13.6. The molecule has 5 rings (SSSR count). The summed E-state index contributed by atoms with van der Waals surface area (Å²) in [5.41, 5.74) is 0.973. The van der Waals surface area contributed by atoms with Gasteiger partial charge in [-0.25, -0.2) is 14.8 Å². The highest BCUT2D eigenvalue weighted by molar-refractivity contribution is 6.00. The van der Waals surface area contributed by atoms with Gasteiger partial charge in [-0.2, -0.15) is 5.26 Å². The maximum atomic E-state index is 13.6. The van der Waals surface area contributed by atoms with Gasteiger partial charge in [0, 0.05) is 52.0 Å². The molecule has 3 saturated heterocycles. The van der Waals surface area contributed by atoms with Crippen LogP contribution < -0.4 is 10.6 Å². The topological polar surface area (TPSA) is 139 Å². The monoisotopic (exact) mass is 535 g/mol. The first-order valence-electron chi connectivity index (χ1n) is 13.6. The number of carbonyl (C=O) groups is 3. The third kappa shape index (κ3) is 5.46. The summed E-state index contributed by atoms with van der Waals surface area (Å²) in [6, 6.07) is 1.17. The summed E-state index contributed by atoms with van der Waals surface area (Å²) in [5, 5.41) is 15.3. The van der Waals surface area contributed by atoms with Crippen molar-refractivity contribution in [2.45, 2.75) is 51.6 Å². The second-order valence-electron chi connectivity index (χ2n) is 12.3. The summed E-state index contributed by atoms with van der Waals surface area (Å²) < 4.78 is 1.54. The molecule has 12 nitrogen and oxygen atoms in total. The van der Waals surface area contributed by atoms with Crippen LogP contribution in [0.15, 0.2) is 12.4 Å². The molecule has 0 bridgehead atoms. The van der Waals surface area contributed by atoms with Crippen LogP contribution in [0.3, 0.4) is 0 Å². The molecule has 1 unspecified atom stereocenters. The highest BCUT2D eigenvalue weighted by Gasteiger charge is 2.49. The van der Waals surface area contributed by atoms with Crippen LogP contribution in [-0.4, -0.2) is 112 Å². The normalized spacial score (nSPS) is 22.5. The Kier molecular flexibility index (Phi) is 7.07. The number of aromatic nitrogens is 3. The van der Waals surface area contributed by atoms with E-state index in [1.165, 1.54) is 6.20 Å². The number of rotatable bonds is 3. The number of piperidine rings is 1. The second-order valence-corrected chi connectivity index (χ2v) is 12.3. The molecule has 3 fully saturated rings. The van der Waals surface area contributed by atoms with Gasteiger partial charge in [-0.05, 0) is 37.3 Å². The van der Waals surface area contributed by atoms with Gasteiger partial charge in [0.05, 0.1) is 17.2 Å². The Morgan fingerprint density at radius 3 is 2.49 bits per heavy atom. The smallest absolute Gasteiger partial charge is 0.328 e. The fourth-order valence-electron chi connectivity index (χ4n) is 5.73. The third-order valence-electron chi connectivity index (χ3n) is 7.99. The molecule has 1 atom stereocenters. The van der Waals surface area contributed by atoms with Gasteiger partial charge in [-0.15, -0.1) is 0 Å². The van der Waals surface area contributed by atoms with Crippen LogP contribution in [0.2, 0.25) is 0 Å². The Bertz CT molecular complexity index is 1320. The molecule has 2 N–H and O–H groups in total. The number of amides is 3. The van der Waals surface area contributed by atoms with Gasteiger partial charge in [0.1, 0.15) is 17.6 Å². The molecule has 3 aliphatic heterocycles. The van der Waals surface area contributed by atoms with Crippen LogP contribution in [0.5, 0.6) is 0 Å². The Morgan fingerprint density at radius 2 is 1.85 bits per heavy atom. The average molecular weight is 536 g/mol. The van der Waals surface area contributed by atoms with Gasteiger partial charge < -0.3 is 20.4 Å². The van der Waals surface area contributed by atoms with E-state index in [-0.39, 0.29) is 29.1 Å². The van der Waals surface area contributed by atoms with E-state index in [1.54, 1.807) is 15.7 Å². The molecule has 0 saturated carbocycles. The fraction of sp³-hybridized carbons (Fsp3) is 0.630. The molecule has 2 aromatic rings. The van der Waals surface area contributed by atoms with Crippen molar-refractivity contribution in [3.63, 3.8) is 0 Å². The predicted octanol–water partition coefficient (Wildman–Crippen LogP) is 0.556. The summed E-state index contributed by atoms with van der Waals surface area (Å²) in [6.45, 7) is 11.1. The van der Waals surface area contributed by atoms with Crippen molar-refractivity contribution in [2.24, 2.45) is 5.41 Å². The van der Waals surface area contributed by atoms with Crippen LogP contribution in [-0.2, 0) is 16.0 Å². The molecule has 5 heterocycles. The van der Waals surface area contributed by atoms with E-state index in [9.17, 15) is 19.6 Å². The lowest BCUT2D eigenvalue weighted by Gasteiger charge is -2.45. The molecule has 2 aromatic heterocycles. The number of likely N-dealkylation sites (N-methyl/N-ethyl adjacent to an activating group) is 1. The summed E-state index contributed by atoms with van der Waals surface area (Å²) in [6.07, 6.45) is 4.65. The van der Waals surface area contributed by atoms with E-state index in [0.717, 1.165) is 31.7 Å². The Balaban J connectivity index is 1.27. The van der Waals surface area contributed by atoms with Gasteiger partial charge in [-0.1, -0.05) is 20.8 Å². The van der Waals surface area contributed by atoms with Crippen molar-refractivity contribution in [1.82, 2.24) is 39.9 Å². The van der Waals surface area contributed by atoms with Crippen LogP contribution >= 0.6 is 0 Å². The van der Waals surface area contributed by atoms with Crippen LogP contribution in [0.4, 0.5) is 4.79 Å². The molecule has 0 radical (unpaired) electrons. The Hall–Kier alpha value is -3.56. The van der Waals surface area contributed by atoms with Gasteiger partial charge in [0.25, 0.3) is 0 Å². The summed E-state index contributed by atoms with van der Waals surface area (Å²) in [4.78, 5) is 54.5. The molecular formula is C27H37N9O3. The number of nitrogens with one attached hydrogen (secondary N) is 2. The molecule has 208 valence electrons. The van der Waals surface area contributed by atoms with Gasteiger partial charge in [-0.3, -0.25) is 19.1 Å². The maximum absolute atomic E-state index is 13.6. The SMILES string of the molecule is CN1CCN(CC2NC(=O)C3(CCN(C(=O)n4cc(CC(C)(C)C)c5nc(C#N)ncc54)CC3)NC2=O)CC1. The first kappa shape index (κ1) is 27.0. The molecule has 0 aromatic carbocycles. The van der Waals surface area contributed by atoms with Gasteiger partial charge in [0.2, 0.25) is 17.6 Å². The molecule has 1 spiro atoms. The lowest BCUT2D eigenvalue weighted by atomic mass is 9.84. The molecule has 39 heavy (non-hydrogen) atoms. The lowest BCUT2D eigenvalue weighted by molar-refractivity contribution is -0.144. The van der Waals surface area contributed by atoms with Gasteiger partial charge >= 0.3 is 6.03 Å². The zero-order valence-electron chi connectivity index (χ0n) is 23.2. The first-order chi connectivity index (χ1) is 18.5. The maximum Gasteiger partial charge on any atom is 0.328 e. The van der Waals surface area contributed by atoms with Crippen molar-refractivity contribution < 1.29 is 14.4 Å². The lowest BCUT2D eigenvalue weighted by Crippen LogP contribution is -2.73. The minimum absolute atomic E-state index is 0.0494. The molecule has 12 heteroatoms. The quantitative estimate of drug-likeness (QED) is 0.581. The van der Waals surface area contributed by atoms with Crippen molar-refractivity contribution in [3.8, 4) is 6.07 Å². The molecular weight excluding hydrogens is 498 g/mol. The number of carbonyl (C=O) groups excluding carboxylic acids is 3. The number of piperazine rings is 2. The third-order valence-corrected chi connectivity index (χ3v) is 7.99. The summed E-state index contributed by atoms with van der Waals surface area (Å²) >= 11 is 0. The van der Waals surface area contributed by atoms with E-state index in [1.807, 2.05) is 6.07 Å². The number of hydrogen-bond acceptors (Lipinski definition) is 8. The Labute approximate surface area is 228 Å². The number of nitrogens with zero attached hydrogens (tertiary/aromatic N) is 7. The molecule has 0 aliphatic carbocycles. The van der Waals surface area contributed by atoms with Crippen molar-refractivity contribution >= 4 is 28.9 Å². The number of hydrogen-bond donors (Lipinski definition) is 2. The number of fused-ring (bicyclic) bond motifs is 1. The highest BCUT2D eigenvalue weighted by atomic mass is 16.2.